The molecule has 1 aromatic heterocycles. The molecule has 0 aliphatic heterocycles. The normalized spacial score (nSPS) is 10.2. The second-order valence-electron chi connectivity index (χ2n) is 4.31. The van der Waals surface area contributed by atoms with E-state index in [1.165, 1.54) is 0 Å². The van der Waals surface area contributed by atoms with E-state index in [0.717, 1.165) is 15.8 Å². The zero-order chi connectivity index (χ0) is 15.1. The molecule has 21 heavy (non-hydrogen) atoms. The third kappa shape index (κ3) is 4.84. The van der Waals surface area contributed by atoms with Crippen molar-refractivity contribution < 1.29 is 9.53 Å². The lowest BCUT2D eigenvalue weighted by Crippen LogP contribution is -2.27. The average Bonchev–Trinajstić information content (AvgIpc) is 2.48. The Morgan fingerprint density at radius 3 is 2.86 bits per heavy atom. The maximum absolute atomic E-state index is 11.9. The van der Waals surface area contributed by atoms with Crippen LogP contribution in [0, 0.1) is 0 Å². The van der Waals surface area contributed by atoms with Gasteiger partial charge in [0.1, 0.15) is 5.69 Å². The van der Waals surface area contributed by atoms with Crippen LogP contribution in [0.15, 0.2) is 47.1 Å². The number of methoxy groups -OCH3 is 1. The average molecular weight is 350 g/mol. The summed E-state index contributed by atoms with van der Waals surface area (Å²) in [6, 6.07) is 11.3. The van der Waals surface area contributed by atoms with Gasteiger partial charge in [0, 0.05) is 35.7 Å². The van der Waals surface area contributed by atoms with E-state index in [0.29, 0.717) is 18.8 Å². The van der Waals surface area contributed by atoms with Crippen LogP contribution in [0.2, 0.25) is 0 Å². The smallest absolute Gasteiger partial charge is 0.270 e. The maximum atomic E-state index is 11.9. The molecular formula is C15H16BrN3O2. The van der Waals surface area contributed by atoms with E-state index in [9.17, 15) is 4.79 Å². The molecule has 0 atom stereocenters. The number of hydrogen-bond donors (Lipinski definition) is 2. The molecular weight excluding hydrogens is 334 g/mol. The minimum absolute atomic E-state index is 0.218. The summed E-state index contributed by atoms with van der Waals surface area (Å²) >= 11 is 3.42. The number of hydrogen-bond acceptors (Lipinski definition) is 4. The standard InChI is InChI=1S/C15H16BrN3O2/c1-21-8-7-18-15(20)14-10-13(5-6-17-14)19-12-4-2-3-11(16)9-12/h2-6,9-10H,7-8H2,1H3,(H,17,19)(H,18,20). The van der Waals surface area contributed by atoms with E-state index in [4.69, 9.17) is 4.74 Å². The number of benzene rings is 1. The molecule has 0 saturated carbocycles. The van der Waals surface area contributed by atoms with Crippen LogP contribution in [0.4, 0.5) is 11.4 Å². The number of nitrogens with zero attached hydrogens (tertiary/aromatic N) is 1. The van der Waals surface area contributed by atoms with Crippen molar-refractivity contribution in [3.05, 3.63) is 52.8 Å². The lowest BCUT2D eigenvalue weighted by molar-refractivity contribution is 0.0932. The van der Waals surface area contributed by atoms with Gasteiger partial charge in [0.05, 0.1) is 6.61 Å². The molecule has 2 rings (SSSR count). The lowest BCUT2D eigenvalue weighted by atomic mass is 10.2. The number of carbonyl (C=O) groups is 1. The van der Waals surface area contributed by atoms with Crippen molar-refractivity contribution in [2.45, 2.75) is 0 Å². The SMILES string of the molecule is COCCNC(=O)c1cc(Nc2cccc(Br)c2)ccn1. The van der Waals surface area contributed by atoms with Crippen LogP contribution in [0.25, 0.3) is 0 Å². The number of nitrogens with one attached hydrogen (secondary N) is 2. The Balaban J connectivity index is 2.05. The monoisotopic (exact) mass is 349 g/mol. The van der Waals surface area contributed by atoms with Gasteiger partial charge in [-0.2, -0.15) is 0 Å². The van der Waals surface area contributed by atoms with Crippen molar-refractivity contribution in [2.24, 2.45) is 0 Å². The van der Waals surface area contributed by atoms with Crippen molar-refractivity contribution >= 4 is 33.2 Å². The van der Waals surface area contributed by atoms with E-state index in [1.807, 2.05) is 30.3 Å². The van der Waals surface area contributed by atoms with E-state index in [-0.39, 0.29) is 5.91 Å². The second-order valence-corrected chi connectivity index (χ2v) is 5.23. The van der Waals surface area contributed by atoms with Gasteiger partial charge in [-0.1, -0.05) is 22.0 Å². The third-order valence-electron chi connectivity index (χ3n) is 2.70. The first-order chi connectivity index (χ1) is 10.2. The van der Waals surface area contributed by atoms with Crippen LogP contribution in [0.1, 0.15) is 10.5 Å². The van der Waals surface area contributed by atoms with Crippen molar-refractivity contribution in [2.75, 3.05) is 25.6 Å². The van der Waals surface area contributed by atoms with Crippen LogP contribution in [0.3, 0.4) is 0 Å². The predicted molar refractivity (Wildman–Crippen MR) is 85.9 cm³/mol. The molecule has 0 aliphatic carbocycles. The molecule has 1 heterocycles. The number of carbonyl (C=O) groups excluding carboxylic acids is 1. The summed E-state index contributed by atoms with van der Waals surface area (Å²) in [6.07, 6.45) is 1.60. The molecule has 0 bridgehead atoms. The van der Waals surface area contributed by atoms with E-state index < -0.39 is 0 Å². The van der Waals surface area contributed by atoms with E-state index in [2.05, 4.69) is 31.5 Å². The molecule has 0 unspecified atom stereocenters. The number of halogens is 1. The van der Waals surface area contributed by atoms with Gasteiger partial charge in [0.15, 0.2) is 0 Å². The molecule has 6 heteroatoms. The summed E-state index contributed by atoms with van der Waals surface area (Å²) in [5, 5.41) is 5.97. The Hall–Kier alpha value is -1.92. The lowest BCUT2D eigenvalue weighted by Gasteiger charge is -2.08. The quantitative estimate of drug-likeness (QED) is 0.787. The van der Waals surface area contributed by atoms with Gasteiger partial charge in [0.2, 0.25) is 0 Å². The summed E-state index contributed by atoms with van der Waals surface area (Å²) in [4.78, 5) is 16.0. The van der Waals surface area contributed by atoms with Crippen LogP contribution >= 0.6 is 15.9 Å². The number of ether oxygens (including phenoxy) is 1. The molecule has 2 aromatic rings. The Morgan fingerprint density at radius 2 is 2.10 bits per heavy atom. The van der Waals surface area contributed by atoms with Crippen LogP contribution in [0.5, 0.6) is 0 Å². The highest BCUT2D eigenvalue weighted by Gasteiger charge is 2.07. The van der Waals surface area contributed by atoms with E-state index >= 15 is 0 Å². The number of anilines is 2. The molecule has 0 radical (unpaired) electrons. The minimum Gasteiger partial charge on any atom is -0.383 e. The fraction of sp³-hybridized carbons (Fsp3) is 0.200. The van der Waals surface area contributed by atoms with Crippen molar-refractivity contribution in [1.82, 2.24) is 10.3 Å². The van der Waals surface area contributed by atoms with Crippen LogP contribution < -0.4 is 10.6 Å². The topological polar surface area (TPSA) is 63.2 Å². The maximum Gasteiger partial charge on any atom is 0.270 e. The number of pyridine rings is 1. The number of amides is 1. The molecule has 0 spiro atoms. The highest BCUT2D eigenvalue weighted by Crippen LogP contribution is 2.20. The summed E-state index contributed by atoms with van der Waals surface area (Å²) < 4.78 is 5.88. The van der Waals surface area contributed by atoms with Gasteiger partial charge in [-0.15, -0.1) is 0 Å². The van der Waals surface area contributed by atoms with Crippen molar-refractivity contribution in [3.63, 3.8) is 0 Å². The van der Waals surface area contributed by atoms with Gasteiger partial charge < -0.3 is 15.4 Å². The summed E-state index contributed by atoms with van der Waals surface area (Å²) in [5.74, 6) is -0.218. The molecule has 5 nitrogen and oxygen atoms in total. The molecule has 1 aromatic carbocycles. The Bertz CT molecular complexity index is 619. The Morgan fingerprint density at radius 1 is 1.29 bits per heavy atom. The van der Waals surface area contributed by atoms with E-state index in [1.54, 1.807) is 19.4 Å². The summed E-state index contributed by atoms with van der Waals surface area (Å²) in [6.45, 7) is 0.933. The van der Waals surface area contributed by atoms with Gasteiger partial charge >= 0.3 is 0 Å². The Labute approximate surface area is 131 Å². The van der Waals surface area contributed by atoms with Gasteiger partial charge in [-0.05, 0) is 30.3 Å². The van der Waals surface area contributed by atoms with Gasteiger partial charge in [-0.3, -0.25) is 9.78 Å². The van der Waals surface area contributed by atoms with Crippen molar-refractivity contribution in [1.29, 1.82) is 0 Å². The largest absolute Gasteiger partial charge is 0.383 e. The first-order valence-corrected chi connectivity index (χ1v) is 7.24. The fourth-order valence-corrected chi connectivity index (χ4v) is 2.12. The van der Waals surface area contributed by atoms with Crippen LogP contribution in [-0.2, 0) is 4.74 Å². The summed E-state index contributed by atoms with van der Waals surface area (Å²) in [5.41, 5.74) is 2.10. The minimum atomic E-state index is -0.218. The highest BCUT2D eigenvalue weighted by atomic mass is 79.9. The van der Waals surface area contributed by atoms with Gasteiger partial charge in [0.25, 0.3) is 5.91 Å². The Kier molecular flexibility index (Phi) is 5.71. The predicted octanol–water partition coefficient (Wildman–Crippen LogP) is 2.96. The fourth-order valence-electron chi connectivity index (χ4n) is 1.72. The number of rotatable bonds is 6. The molecule has 2 N–H and O–H groups in total. The van der Waals surface area contributed by atoms with Gasteiger partial charge in [-0.25, -0.2) is 0 Å². The zero-order valence-corrected chi connectivity index (χ0v) is 13.2. The second kappa shape index (κ2) is 7.75. The highest BCUT2D eigenvalue weighted by molar-refractivity contribution is 9.10. The number of aromatic nitrogens is 1. The first-order valence-electron chi connectivity index (χ1n) is 6.45. The molecule has 110 valence electrons. The van der Waals surface area contributed by atoms with Crippen LogP contribution in [-0.4, -0.2) is 31.2 Å². The van der Waals surface area contributed by atoms with Crippen molar-refractivity contribution in [3.8, 4) is 0 Å². The molecule has 0 saturated heterocycles. The first kappa shape index (κ1) is 15.5. The summed E-state index contributed by atoms with van der Waals surface area (Å²) in [7, 11) is 1.59. The zero-order valence-electron chi connectivity index (χ0n) is 11.6. The molecule has 0 fully saturated rings. The molecule has 0 aliphatic rings. The third-order valence-corrected chi connectivity index (χ3v) is 3.19. The molecule has 1 amide bonds.